The van der Waals surface area contributed by atoms with E-state index in [0.717, 1.165) is 5.56 Å². The fourth-order valence-electron chi connectivity index (χ4n) is 2.59. The van der Waals surface area contributed by atoms with E-state index >= 15 is 0 Å². The third kappa shape index (κ3) is 6.59. The zero-order valence-electron chi connectivity index (χ0n) is 16.9. The minimum Gasteiger partial charge on any atom is -0.493 e. The zero-order chi connectivity index (χ0) is 21.9. The number of carbonyl (C=O) groups is 1. The van der Waals surface area contributed by atoms with E-state index in [1.807, 2.05) is 30.3 Å². The van der Waals surface area contributed by atoms with E-state index in [0.29, 0.717) is 42.0 Å². The smallest absolute Gasteiger partial charge is 0.268 e. The fourth-order valence-corrected chi connectivity index (χ4v) is 3.12. The van der Waals surface area contributed by atoms with Gasteiger partial charge in [-0.25, -0.2) is 4.98 Å². The fraction of sp³-hybridized carbons (Fsp3) is 0.174. The Bertz CT molecular complexity index is 1060. The summed E-state index contributed by atoms with van der Waals surface area (Å²) in [5.41, 5.74) is 0.718. The van der Waals surface area contributed by atoms with Gasteiger partial charge in [-0.05, 0) is 35.9 Å². The normalized spacial score (nSPS) is 10.8. The van der Waals surface area contributed by atoms with Crippen molar-refractivity contribution >= 4 is 28.5 Å². The van der Waals surface area contributed by atoms with Crippen LogP contribution in [-0.4, -0.2) is 31.2 Å². The molecular weight excluding hydrogens is 414 g/mol. The number of hydrogen-bond donors (Lipinski definition) is 1. The molecule has 2 aromatic carbocycles. The first-order valence-electron chi connectivity index (χ1n) is 9.51. The van der Waals surface area contributed by atoms with Gasteiger partial charge in [0.1, 0.15) is 17.4 Å². The van der Waals surface area contributed by atoms with Crippen molar-refractivity contribution < 1.29 is 19.0 Å². The van der Waals surface area contributed by atoms with E-state index in [1.165, 1.54) is 17.4 Å². The molecule has 31 heavy (non-hydrogen) atoms. The third-order valence-electron chi connectivity index (χ3n) is 4.09. The molecule has 0 fully saturated rings. The Morgan fingerprint density at radius 2 is 1.87 bits per heavy atom. The predicted molar refractivity (Wildman–Crippen MR) is 119 cm³/mol. The second kappa shape index (κ2) is 11.4. The lowest BCUT2D eigenvalue weighted by atomic mass is 10.1. The summed E-state index contributed by atoms with van der Waals surface area (Å²) in [6, 6.07) is 16.6. The van der Waals surface area contributed by atoms with Crippen molar-refractivity contribution in [2.75, 3.05) is 25.6 Å². The van der Waals surface area contributed by atoms with E-state index in [1.54, 1.807) is 43.0 Å². The highest BCUT2D eigenvalue weighted by molar-refractivity contribution is 7.13. The molecule has 0 aliphatic rings. The number of nitrogens with one attached hydrogen (secondary N) is 1. The molecule has 0 atom stereocenters. The number of thiazole rings is 1. The summed E-state index contributed by atoms with van der Waals surface area (Å²) in [7, 11) is 1.61. The summed E-state index contributed by atoms with van der Waals surface area (Å²) in [6.45, 7) is 0.991. The lowest BCUT2D eigenvalue weighted by molar-refractivity contribution is -0.112. The number of carbonyl (C=O) groups excluding carboxylic acids is 1. The van der Waals surface area contributed by atoms with Crippen LogP contribution in [-0.2, 0) is 4.79 Å². The Hall–Kier alpha value is -3.83. The number of ether oxygens (including phenoxy) is 3. The molecule has 1 amide bonds. The third-order valence-corrected chi connectivity index (χ3v) is 4.78. The molecule has 0 saturated carbocycles. The number of para-hydroxylation sites is 2. The first-order valence-corrected chi connectivity index (χ1v) is 10.4. The van der Waals surface area contributed by atoms with Crippen LogP contribution >= 0.6 is 11.3 Å². The molecule has 0 radical (unpaired) electrons. The van der Waals surface area contributed by atoms with Crippen LogP contribution in [0.4, 0.5) is 5.13 Å². The molecule has 3 rings (SSSR count). The van der Waals surface area contributed by atoms with Crippen LogP contribution in [0.5, 0.6) is 17.2 Å². The highest BCUT2D eigenvalue weighted by atomic mass is 32.1. The highest BCUT2D eigenvalue weighted by Gasteiger charge is 2.10. The molecule has 7 nitrogen and oxygen atoms in total. The SMILES string of the molecule is COc1ccccc1OCCCOc1ccc(C=C(C#N)C(=O)Nc2nccs2)cc1. The van der Waals surface area contributed by atoms with Gasteiger partial charge in [-0.3, -0.25) is 10.1 Å². The lowest BCUT2D eigenvalue weighted by Gasteiger charge is -2.11. The van der Waals surface area contributed by atoms with Gasteiger partial charge in [0, 0.05) is 18.0 Å². The number of amides is 1. The maximum Gasteiger partial charge on any atom is 0.268 e. The van der Waals surface area contributed by atoms with Gasteiger partial charge in [0.2, 0.25) is 0 Å². The second-order valence-corrected chi connectivity index (χ2v) is 7.13. The van der Waals surface area contributed by atoms with E-state index < -0.39 is 5.91 Å². The average molecular weight is 436 g/mol. The standard InChI is InChI=1S/C23H21N3O4S/c1-28-20-5-2-3-6-21(20)30-13-4-12-29-19-9-7-17(8-10-19)15-18(16-24)22(27)26-23-25-11-14-31-23/h2-3,5-11,14-15H,4,12-13H2,1H3,(H,25,26,27). The number of rotatable bonds is 10. The zero-order valence-corrected chi connectivity index (χ0v) is 17.7. The number of nitriles is 1. The van der Waals surface area contributed by atoms with Gasteiger partial charge < -0.3 is 14.2 Å². The van der Waals surface area contributed by atoms with Gasteiger partial charge in [-0.15, -0.1) is 11.3 Å². The van der Waals surface area contributed by atoms with E-state index in [4.69, 9.17) is 14.2 Å². The molecule has 1 N–H and O–H groups in total. The van der Waals surface area contributed by atoms with Crippen LogP contribution in [0.15, 0.2) is 65.7 Å². The maximum absolute atomic E-state index is 12.2. The largest absolute Gasteiger partial charge is 0.493 e. The van der Waals surface area contributed by atoms with Crippen LogP contribution in [0.3, 0.4) is 0 Å². The Labute approximate surface area is 184 Å². The predicted octanol–water partition coefficient (Wildman–Crippen LogP) is 4.55. The molecule has 0 aliphatic heterocycles. The van der Waals surface area contributed by atoms with E-state index in [-0.39, 0.29) is 5.57 Å². The van der Waals surface area contributed by atoms with Crippen LogP contribution in [0.2, 0.25) is 0 Å². The number of nitrogens with zero attached hydrogens (tertiary/aromatic N) is 2. The van der Waals surface area contributed by atoms with Gasteiger partial charge in [0.25, 0.3) is 5.91 Å². The average Bonchev–Trinajstić information content (AvgIpc) is 3.31. The Balaban J connectivity index is 1.46. The Morgan fingerprint density at radius 3 is 2.55 bits per heavy atom. The van der Waals surface area contributed by atoms with Crippen molar-refractivity contribution in [1.82, 2.24) is 4.98 Å². The first-order chi connectivity index (χ1) is 15.2. The summed E-state index contributed by atoms with van der Waals surface area (Å²) in [5, 5.41) is 14.1. The number of aromatic nitrogens is 1. The van der Waals surface area contributed by atoms with Crippen LogP contribution in [0.25, 0.3) is 6.08 Å². The van der Waals surface area contributed by atoms with Crippen molar-refractivity contribution in [3.63, 3.8) is 0 Å². The van der Waals surface area contributed by atoms with Crippen molar-refractivity contribution in [3.8, 4) is 23.3 Å². The van der Waals surface area contributed by atoms with Gasteiger partial charge in [-0.2, -0.15) is 5.26 Å². The van der Waals surface area contributed by atoms with Crippen molar-refractivity contribution in [1.29, 1.82) is 5.26 Å². The van der Waals surface area contributed by atoms with Gasteiger partial charge in [0.15, 0.2) is 16.6 Å². The van der Waals surface area contributed by atoms with Crippen molar-refractivity contribution in [3.05, 3.63) is 71.2 Å². The van der Waals surface area contributed by atoms with Crippen molar-refractivity contribution in [2.45, 2.75) is 6.42 Å². The molecule has 8 heteroatoms. The number of methoxy groups -OCH3 is 1. The minimum absolute atomic E-state index is 0.00245. The monoisotopic (exact) mass is 435 g/mol. The molecular formula is C23H21N3O4S. The quantitative estimate of drug-likeness (QED) is 0.285. The van der Waals surface area contributed by atoms with Crippen LogP contribution < -0.4 is 19.5 Å². The number of benzene rings is 2. The highest BCUT2D eigenvalue weighted by Crippen LogP contribution is 2.25. The molecule has 1 aromatic heterocycles. The van der Waals surface area contributed by atoms with Gasteiger partial charge in [-0.1, -0.05) is 24.3 Å². The molecule has 0 unspecified atom stereocenters. The minimum atomic E-state index is -0.493. The summed E-state index contributed by atoms with van der Waals surface area (Å²) >= 11 is 1.29. The molecule has 1 heterocycles. The maximum atomic E-state index is 12.2. The van der Waals surface area contributed by atoms with E-state index in [2.05, 4.69) is 10.3 Å². The second-order valence-electron chi connectivity index (χ2n) is 6.23. The molecule has 0 saturated heterocycles. The topological polar surface area (TPSA) is 93.5 Å². The molecule has 0 aliphatic carbocycles. The lowest BCUT2D eigenvalue weighted by Crippen LogP contribution is -2.13. The summed E-state index contributed by atoms with van der Waals surface area (Å²) < 4.78 is 16.7. The molecule has 0 spiro atoms. The first kappa shape index (κ1) is 21.9. The number of hydrogen-bond acceptors (Lipinski definition) is 7. The van der Waals surface area contributed by atoms with Crippen LogP contribution in [0.1, 0.15) is 12.0 Å². The van der Waals surface area contributed by atoms with Crippen molar-refractivity contribution in [2.24, 2.45) is 0 Å². The molecule has 3 aromatic rings. The van der Waals surface area contributed by atoms with Gasteiger partial charge in [0.05, 0.1) is 20.3 Å². The number of anilines is 1. The summed E-state index contributed by atoms with van der Waals surface area (Å²) in [6.07, 6.45) is 3.81. The van der Waals surface area contributed by atoms with Gasteiger partial charge >= 0.3 is 0 Å². The Morgan fingerprint density at radius 1 is 1.13 bits per heavy atom. The van der Waals surface area contributed by atoms with E-state index in [9.17, 15) is 10.1 Å². The van der Waals surface area contributed by atoms with Crippen LogP contribution in [0, 0.1) is 11.3 Å². The summed E-state index contributed by atoms with van der Waals surface area (Å²) in [5.74, 6) is 1.60. The molecule has 0 bridgehead atoms. The Kier molecular flexibility index (Phi) is 8.03. The molecule has 158 valence electrons. The summed E-state index contributed by atoms with van der Waals surface area (Å²) in [4.78, 5) is 16.2.